The summed E-state index contributed by atoms with van der Waals surface area (Å²) in [5.74, 6) is -1.97. The van der Waals surface area contributed by atoms with E-state index in [4.69, 9.17) is 22.1 Å². The fourth-order valence-electron chi connectivity index (χ4n) is 1.67. The van der Waals surface area contributed by atoms with E-state index in [0.717, 1.165) is 6.07 Å². The molecule has 0 unspecified atom stereocenters. The number of nitrogens with zero attached hydrogens (tertiary/aromatic N) is 2. The lowest BCUT2D eigenvalue weighted by atomic mass is 10.3. The van der Waals surface area contributed by atoms with Crippen LogP contribution in [0, 0.1) is 0 Å². The van der Waals surface area contributed by atoms with Crippen LogP contribution in [0.5, 0.6) is 5.75 Å². The molecule has 0 fully saturated rings. The highest BCUT2D eigenvalue weighted by atomic mass is 35.5. The molecule has 0 spiro atoms. The number of hydrogen-bond acceptors (Lipinski definition) is 7. The maximum absolute atomic E-state index is 12.1. The van der Waals surface area contributed by atoms with Gasteiger partial charge in [-0.2, -0.15) is 8.78 Å². The van der Waals surface area contributed by atoms with Crippen molar-refractivity contribution in [3.8, 4) is 5.75 Å². The Morgan fingerprint density at radius 1 is 1.28 bits per heavy atom. The van der Waals surface area contributed by atoms with E-state index in [2.05, 4.69) is 20.0 Å². The number of alkyl halides is 2. The summed E-state index contributed by atoms with van der Waals surface area (Å²) in [4.78, 5) is 30.9. The molecule has 2 rings (SSSR count). The summed E-state index contributed by atoms with van der Waals surface area (Å²) in [6.07, 6.45) is 2.54. The van der Waals surface area contributed by atoms with Gasteiger partial charge in [-0.3, -0.25) is 4.79 Å². The highest BCUT2D eigenvalue weighted by Gasteiger charge is 2.16. The number of hydrogen-bond donors (Lipinski definition) is 2. The van der Waals surface area contributed by atoms with Crippen LogP contribution in [0.2, 0.25) is 5.02 Å². The number of carbonyl (C=O) groups is 2. The Bertz CT molecular complexity index is 791. The lowest BCUT2D eigenvalue weighted by Crippen LogP contribution is -2.22. The molecule has 0 bridgehead atoms. The van der Waals surface area contributed by atoms with Gasteiger partial charge in [0.1, 0.15) is 5.75 Å². The maximum atomic E-state index is 12.1. The lowest BCUT2D eigenvalue weighted by molar-refractivity contribution is -0.119. The smallest absolute Gasteiger partial charge is 0.387 e. The van der Waals surface area contributed by atoms with Crippen LogP contribution in [-0.2, 0) is 9.53 Å². The van der Waals surface area contributed by atoms with Crippen molar-refractivity contribution in [2.75, 3.05) is 17.7 Å². The minimum atomic E-state index is -3.02. The van der Waals surface area contributed by atoms with Gasteiger partial charge in [-0.1, -0.05) is 11.6 Å². The molecular weight excluding hydrogens is 362 g/mol. The van der Waals surface area contributed by atoms with Crippen LogP contribution >= 0.6 is 11.6 Å². The molecule has 0 atom stereocenters. The van der Waals surface area contributed by atoms with Crippen LogP contribution in [0.25, 0.3) is 0 Å². The molecule has 11 heteroatoms. The summed E-state index contributed by atoms with van der Waals surface area (Å²) >= 11 is 5.76. The van der Waals surface area contributed by atoms with E-state index < -0.39 is 25.1 Å². The maximum Gasteiger partial charge on any atom is 0.387 e. The Morgan fingerprint density at radius 2 is 2.00 bits per heavy atom. The molecule has 0 saturated carbocycles. The topological polar surface area (TPSA) is 116 Å². The summed E-state index contributed by atoms with van der Waals surface area (Å²) in [7, 11) is 0. The molecule has 0 aliphatic rings. The van der Waals surface area contributed by atoms with E-state index in [1.807, 2.05) is 0 Å². The van der Waals surface area contributed by atoms with Gasteiger partial charge in [0, 0.05) is 18.1 Å². The van der Waals surface area contributed by atoms with E-state index >= 15 is 0 Å². The van der Waals surface area contributed by atoms with Crippen LogP contribution in [0.3, 0.4) is 0 Å². The second-order valence-electron chi connectivity index (χ2n) is 4.44. The van der Waals surface area contributed by atoms with E-state index in [0.29, 0.717) is 0 Å². The lowest BCUT2D eigenvalue weighted by Gasteiger charge is -2.10. The third-order valence-electron chi connectivity index (χ3n) is 2.69. The van der Waals surface area contributed by atoms with Crippen LogP contribution in [0.15, 0.2) is 30.6 Å². The zero-order valence-electron chi connectivity index (χ0n) is 12.4. The van der Waals surface area contributed by atoms with E-state index in [1.54, 1.807) is 0 Å². The number of nitrogen functional groups attached to an aromatic ring is 1. The Balaban J connectivity index is 1.91. The number of ether oxygens (including phenoxy) is 2. The second kappa shape index (κ2) is 8.20. The van der Waals surface area contributed by atoms with Crippen LogP contribution in [0.1, 0.15) is 10.5 Å². The monoisotopic (exact) mass is 372 g/mol. The largest absolute Gasteiger partial charge is 0.451 e. The minimum absolute atomic E-state index is 0.123. The molecule has 2 aromatic rings. The van der Waals surface area contributed by atoms with Crippen molar-refractivity contribution >= 4 is 35.0 Å². The number of anilines is 2. The summed E-state index contributed by atoms with van der Waals surface area (Å²) in [5.41, 5.74) is 5.45. The van der Waals surface area contributed by atoms with Gasteiger partial charge in [0.25, 0.3) is 5.91 Å². The first-order chi connectivity index (χ1) is 11.9. The van der Waals surface area contributed by atoms with Gasteiger partial charge in [-0.25, -0.2) is 14.8 Å². The molecule has 0 saturated heterocycles. The third kappa shape index (κ3) is 5.24. The van der Waals surface area contributed by atoms with Crippen LogP contribution in [-0.4, -0.2) is 35.1 Å². The number of esters is 1. The number of halogens is 3. The molecular formula is C14H11ClF2N4O4. The molecule has 25 heavy (non-hydrogen) atoms. The Morgan fingerprint density at radius 3 is 2.64 bits per heavy atom. The molecule has 1 heterocycles. The second-order valence-corrected chi connectivity index (χ2v) is 4.85. The zero-order chi connectivity index (χ0) is 18.4. The average Bonchev–Trinajstić information content (AvgIpc) is 2.55. The van der Waals surface area contributed by atoms with Crippen molar-refractivity contribution in [2.24, 2.45) is 0 Å². The van der Waals surface area contributed by atoms with Crippen molar-refractivity contribution in [1.29, 1.82) is 0 Å². The number of nitrogens with one attached hydrogen (secondary N) is 1. The van der Waals surface area contributed by atoms with Crippen molar-refractivity contribution < 1.29 is 27.8 Å². The molecule has 1 amide bonds. The molecule has 132 valence electrons. The van der Waals surface area contributed by atoms with Gasteiger partial charge >= 0.3 is 12.6 Å². The molecule has 0 aliphatic heterocycles. The summed E-state index contributed by atoms with van der Waals surface area (Å²) < 4.78 is 33.2. The molecule has 0 aliphatic carbocycles. The fraction of sp³-hybridized carbons (Fsp3) is 0.143. The van der Waals surface area contributed by atoms with Gasteiger partial charge < -0.3 is 20.5 Å². The number of rotatable bonds is 6. The van der Waals surface area contributed by atoms with E-state index in [-0.39, 0.29) is 28.0 Å². The van der Waals surface area contributed by atoms with Crippen LogP contribution < -0.4 is 15.8 Å². The molecule has 0 radical (unpaired) electrons. The SMILES string of the molecule is Nc1nccnc1C(=O)OCC(=O)Nc1ccc(OC(F)F)c(Cl)c1. The van der Waals surface area contributed by atoms with Gasteiger partial charge in [0.15, 0.2) is 18.1 Å². The fourth-order valence-corrected chi connectivity index (χ4v) is 1.90. The van der Waals surface area contributed by atoms with Gasteiger partial charge in [0.2, 0.25) is 0 Å². The number of nitrogens with two attached hydrogens (primary N) is 1. The Kier molecular flexibility index (Phi) is 6.01. The first kappa shape index (κ1) is 18.3. The zero-order valence-corrected chi connectivity index (χ0v) is 13.2. The molecule has 3 N–H and O–H groups in total. The molecule has 8 nitrogen and oxygen atoms in total. The van der Waals surface area contributed by atoms with Gasteiger partial charge in [-0.05, 0) is 18.2 Å². The normalized spacial score (nSPS) is 10.4. The summed E-state index contributed by atoms with van der Waals surface area (Å²) in [6.45, 7) is -3.65. The van der Waals surface area contributed by atoms with Crippen LogP contribution in [0.4, 0.5) is 20.3 Å². The van der Waals surface area contributed by atoms with E-state index in [1.165, 1.54) is 24.5 Å². The first-order valence-corrected chi connectivity index (χ1v) is 7.02. The van der Waals surface area contributed by atoms with E-state index in [9.17, 15) is 18.4 Å². The van der Waals surface area contributed by atoms with Gasteiger partial charge in [0.05, 0.1) is 5.02 Å². The number of benzene rings is 1. The van der Waals surface area contributed by atoms with Crippen molar-refractivity contribution in [3.63, 3.8) is 0 Å². The highest BCUT2D eigenvalue weighted by Crippen LogP contribution is 2.28. The molecule has 1 aromatic heterocycles. The van der Waals surface area contributed by atoms with Gasteiger partial charge in [-0.15, -0.1) is 0 Å². The first-order valence-electron chi connectivity index (χ1n) is 6.64. The standard InChI is InChI=1S/C14H11ClF2N4O4/c15-8-5-7(1-2-9(8)25-14(16)17)21-10(22)6-24-13(23)11-12(18)20-4-3-19-11/h1-5,14H,6H2,(H2,18,20)(H,21,22). The predicted molar refractivity (Wildman–Crippen MR) is 83.4 cm³/mol. The highest BCUT2D eigenvalue weighted by molar-refractivity contribution is 6.32. The quantitative estimate of drug-likeness (QED) is 0.746. The number of carbonyl (C=O) groups excluding carboxylic acids is 2. The van der Waals surface area contributed by atoms with Crippen molar-refractivity contribution in [2.45, 2.75) is 6.61 Å². The van der Waals surface area contributed by atoms with Crippen molar-refractivity contribution in [1.82, 2.24) is 9.97 Å². The number of amides is 1. The third-order valence-corrected chi connectivity index (χ3v) is 2.98. The predicted octanol–water partition coefficient (Wildman–Crippen LogP) is 2.11. The van der Waals surface area contributed by atoms with Crippen molar-refractivity contribution in [3.05, 3.63) is 41.3 Å². The Labute approximate surface area is 144 Å². The Hall–Kier alpha value is -3.01. The minimum Gasteiger partial charge on any atom is -0.451 e. The average molecular weight is 373 g/mol. The molecule has 1 aromatic carbocycles. The summed E-state index contributed by atoms with van der Waals surface area (Å²) in [5, 5.41) is 2.25. The summed E-state index contributed by atoms with van der Waals surface area (Å²) in [6, 6.07) is 3.67. The number of aromatic nitrogens is 2.